The molecule has 3 heteroatoms. The van der Waals surface area contributed by atoms with Gasteiger partial charge in [0, 0.05) is 6.04 Å². The summed E-state index contributed by atoms with van der Waals surface area (Å²) in [6.45, 7) is 12.2. The number of hydrogen-bond donors (Lipinski definition) is 2. The number of rotatable bonds is 7. The van der Waals surface area contributed by atoms with Crippen LogP contribution in [-0.4, -0.2) is 25.0 Å². The lowest BCUT2D eigenvalue weighted by atomic mass is 9.92. The standard InChI is InChI=1S/C13H28N2O/c1-6-11(7-2)15-12(16)10-14-9-8-13(3,4)5/h11,14H,6-10H2,1-5H3,(H,15,16). The molecule has 96 valence electrons. The van der Waals surface area contributed by atoms with Crippen LogP contribution in [0.25, 0.3) is 0 Å². The van der Waals surface area contributed by atoms with E-state index in [1.54, 1.807) is 0 Å². The quantitative estimate of drug-likeness (QED) is 0.657. The average Bonchev–Trinajstić information content (AvgIpc) is 2.19. The van der Waals surface area contributed by atoms with E-state index in [9.17, 15) is 4.79 Å². The Kier molecular flexibility index (Phi) is 7.39. The van der Waals surface area contributed by atoms with Crippen LogP contribution in [0.4, 0.5) is 0 Å². The molecule has 16 heavy (non-hydrogen) atoms. The van der Waals surface area contributed by atoms with E-state index in [4.69, 9.17) is 0 Å². The van der Waals surface area contributed by atoms with Crippen molar-refractivity contribution in [2.24, 2.45) is 5.41 Å². The third kappa shape index (κ3) is 8.72. The Morgan fingerprint density at radius 3 is 2.19 bits per heavy atom. The molecule has 0 fully saturated rings. The van der Waals surface area contributed by atoms with Gasteiger partial charge in [-0.3, -0.25) is 4.79 Å². The minimum absolute atomic E-state index is 0.114. The van der Waals surface area contributed by atoms with Crippen LogP contribution in [0.5, 0.6) is 0 Å². The molecule has 0 aromatic heterocycles. The first-order valence-corrected chi connectivity index (χ1v) is 6.39. The molecule has 0 rings (SSSR count). The van der Waals surface area contributed by atoms with Crippen LogP contribution >= 0.6 is 0 Å². The molecule has 0 bridgehead atoms. The van der Waals surface area contributed by atoms with Crippen LogP contribution in [0.15, 0.2) is 0 Å². The van der Waals surface area contributed by atoms with Gasteiger partial charge in [0.25, 0.3) is 0 Å². The molecule has 0 saturated carbocycles. The first kappa shape index (κ1) is 15.4. The lowest BCUT2D eigenvalue weighted by Crippen LogP contribution is -2.40. The van der Waals surface area contributed by atoms with Crippen molar-refractivity contribution in [2.45, 2.75) is 59.9 Å². The second-order valence-electron chi connectivity index (χ2n) is 5.57. The molecule has 0 spiro atoms. The summed E-state index contributed by atoms with van der Waals surface area (Å²) in [5.74, 6) is 0.114. The Morgan fingerprint density at radius 1 is 1.19 bits per heavy atom. The van der Waals surface area contributed by atoms with E-state index in [1.165, 1.54) is 0 Å². The van der Waals surface area contributed by atoms with Gasteiger partial charge in [-0.15, -0.1) is 0 Å². The van der Waals surface area contributed by atoms with Crippen LogP contribution in [0.3, 0.4) is 0 Å². The Morgan fingerprint density at radius 2 is 1.75 bits per heavy atom. The zero-order valence-electron chi connectivity index (χ0n) is 11.5. The number of amides is 1. The Hall–Kier alpha value is -0.570. The topological polar surface area (TPSA) is 41.1 Å². The highest BCUT2D eigenvalue weighted by Gasteiger charge is 2.10. The summed E-state index contributed by atoms with van der Waals surface area (Å²) < 4.78 is 0. The third-order valence-electron chi connectivity index (χ3n) is 2.69. The van der Waals surface area contributed by atoms with E-state index >= 15 is 0 Å². The summed E-state index contributed by atoms with van der Waals surface area (Å²) in [7, 11) is 0. The van der Waals surface area contributed by atoms with Crippen LogP contribution < -0.4 is 10.6 Å². The second kappa shape index (κ2) is 7.66. The van der Waals surface area contributed by atoms with Crippen molar-refractivity contribution >= 4 is 5.91 Å². The van der Waals surface area contributed by atoms with Crippen molar-refractivity contribution in [2.75, 3.05) is 13.1 Å². The summed E-state index contributed by atoms with van der Waals surface area (Å²) in [5.41, 5.74) is 0.332. The molecule has 0 atom stereocenters. The molecule has 0 aliphatic rings. The van der Waals surface area contributed by atoms with Crippen molar-refractivity contribution in [1.82, 2.24) is 10.6 Å². The largest absolute Gasteiger partial charge is 0.352 e. The fraction of sp³-hybridized carbons (Fsp3) is 0.923. The number of hydrogen-bond acceptors (Lipinski definition) is 2. The highest BCUT2D eigenvalue weighted by molar-refractivity contribution is 5.78. The molecule has 0 radical (unpaired) electrons. The van der Waals surface area contributed by atoms with Gasteiger partial charge >= 0.3 is 0 Å². The summed E-state index contributed by atoms with van der Waals surface area (Å²) in [6.07, 6.45) is 3.10. The van der Waals surface area contributed by atoms with Crippen LogP contribution in [0, 0.1) is 5.41 Å². The molecule has 0 heterocycles. The lowest BCUT2D eigenvalue weighted by Gasteiger charge is -2.19. The van der Waals surface area contributed by atoms with Crippen molar-refractivity contribution < 1.29 is 4.79 Å². The average molecular weight is 228 g/mol. The first-order chi connectivity index (χ1) is 7.39. The normalized spacial score (nSPS) is 11.9. The zero-order valence-corrected chi connectivity index (χ0v) is 11.5. The molecule has 0 unspecified atom stereocenters. The zero-order chi connectivity index (χ0) is 12.6. The van der Waals surface area contributed by atoms with Crippen LogP contribution in [0.2, 0.25) is 0 Å². The molecule has 3 nitrogen and oxygen atoms in total. The van der Waals surface area contributed by atoms with Gasteiger partial charge in [-0.05, 0) is 31.2 Å². The second-order valence-corrected chi connectivity index (χ2v) is 5.57. The van der Waals surface area contributed by atoms with Gasteiger partial charge < -0.3 is 10.6 Å². The smallest absolute Gasteiger partial charge is 0.234 e. The monoisotopic (exact) mass is 228 g/mol. The Bertz CT molecular complexity index is 193. The summed E-state index contributed by atoms with van der Waals surface area (Å²) in [4.78, 5) is 11.5. The lowest BCUT2D eigenvalue weighted by molar-refractivity contribution is -0.121. The van der Waals surface area contributed by atoms with Gasteiger partial charge in [-0.2, -0.15) is 0 Å². The molecule has 2 N–H and O–H groups in total. The third-order valence-corrected chi connectivity index (χ3v) is 2.69. The van der Waals surface area contributed by atoms with Crippen molar-refractivity contribution in [3.8, 4) is 0 Å². The molecule has 0 aliphatic heterocycles. The predicted octanol–water partition coefficient (Wildman–Crippen LogP) is 2.32. The molecular weight excluding hydrogens is 200 g/mol. The molecular formula is C13H28N2O. The van der Waals surface area contributed by atoms with Gasteiger partial charge in [0.05, 0.1) is 6.54 Å². The minimum Gasteiger partial charge on any atom is -0.352 e. The molecule has 0 aliphatic carbocycles. The molecule has 0 aromatic rings. The maximum absolute atomic E-state index is 11.5. The number of carbonyl (C=O) groups is 1. The van der Waals surface area contributed by atoms with Crippen LogP contribution in [0.1, 0.15) is 53.9 Å². The van der Waals surface area contributed by atoms with E-state index in [2.05, 4.69) is 45.3 Å². The predicted molar refractivity (Wildman–Crippen MR) is 69.5 cm³/mol. The van der Waals surface area contributed by atoms with E-state index in [0.29, 0.717) is 18.0 Å². The summed E-state index contributed by atoms with van der Waals surface area (Å²) in [5, 5.41) is 6.20. The van der Waals surface area contributed by atoms with Gasteiger partial charge in [0.15, 0.2) is 0 Å². The Balaban J connectivity index is 3.58. The SMILES string of the molecule is CCC(CC)NC(=O)CNCCC(C)(C)C. The van der Waals surface area contributed by atoms with E-state index < -0.39 is 0 Å². The highest BCUT2D eigenvalue weighted by atomic mass is 16.1. The summed E-state index contributed by atoms with van der Waals surface area (Å²) >= 11 is 0. The van der Waals surface area contributed by atoms with Gasteiger partial charge in [-0.25, -0.2) is 0 Å². The van der Waals surface area contributed by atoms with E-state index in [0.717, 1.165) is 25.8 Å². The fourth-order valence-corrected chi connectivity index (χ4v) is 1.44. The number of carbonyl (C=O) groups excluding carboxylic acids is 1. The molecule has 1 amide bonds. The maximum atomic E-state index is 11.5. The van der Waals surface area contributed by atoms with Gasteiger partial charge in [0.1, 0.15) is 0 Å². The van der Waals surface area contributed by atoms with E-state index in [1.807, 2.05) is 0 Å². The minimum atomic E-state index is 0.114. The van der Waals surface area contributed by atoms with Crippen molar-refractivity contribution in [3.05, 3.63) is 0 Å². The molecule has 0 aromatic carbocycles. The molecule has 0 saturated heterocycles. The maximum Gasteiger partial charge on any atom is 0.234 e. The van der Waals surface area contributed by atoms with Crippen molar-refractivity contribution in [1.29, 1.82) is 0 Å². The van der Waals surface area contributed by atoms with E-state index in [-0.39, 0.29) is 5.91 Å². The van der Waals surface area contributed by atoms with Crippen molar-refractivity contribution in [3.63, 3.8) is 0 Å². The van der Waals surface area contributed by atoms with Gasteiger partial charge in [0.2, 0.25) is 5.91 Å². The fourth-order valence-electron chi connectivity index (χ4n) is 1.44. The van der Waals surface area contributed by atoms with Crippen LogP contribution in [-0.2, 0) is 4.79 Å². The summed E-state index contributed by atoms with van der Waals surface area (Å²) in [6, 6.07) is 0.330. The Labute approximate surface area is 100 Å². The number of nitrogens with one attached hydrogen (secondary N) is 2. The first-order valence-electron chi connectivity index (χ1n) is 6.39. The highest BCUT2D eigenvalue weighted by Crippen LogP contribution is 2.16. The van der Waals surface area contributed by atoms with Gasteiger partial charge in [-0.1, -0.05) is 34.6 Å².